The van der Waals surface area contributed by atoms with E-state index >= 15 is 0 Å². The van der Waals surface area contributed by atoms with Gasteiger partial charge in [-0.1, -0.05) is 42.5 Å². The lowest BCUT2D eigenvalue weighted by Crippen LogP contribution is -2.47. The number of carbonyl (C=O) groups is 2. The van der Waals surface area contributed by atoms with Crippen LogP contribution < -0.4 is 10.1 Å². The fourth-order valence-electron chi connectivity index (χ4n) is 3.18. The van der Waals surface area contributed by atoms with Gasteiger partial charge in [-0.05, 0) is 29.7 Å². The van der Waals surface area contributed by atoms with Gasteiger partial charge in [-0.2, -0.15) is 0 Å². The summed E-state index contributed by atoms with van der Waals surface area (Å²) in [4.78, 5) is 27.4. The highest BCUT2D eigenvalue weighted by Crippen LogP contribution is 2.18. The Kier molecular flexibility index (Phi) is 7.03. The minimum absolute atomic E-state index is 0.0905. The number of ether oxygens (including phenoxy) is 2. The molecule has 0 radical (unpaired) electrons. The van der Waals surface area contributed by atoms with Gasteiger partial charge < -0.3 is 19.7 Å². The van der Waals surface area contributed by atoms with Crippen molar-refractivity contribution in [3.8, 4) is 5.75 Å². The summed E-state index contributed by atoms with van der Waals surface area (Å²) in [6, 6.07) is 16.3. The highest BCUT2D eigenvalue weighted by Gasteiger charge is 2.28. The summed E-state index contributed by atoms with van der Waals surface area (Å²) in [5, 5.41) is 2.93. The van der Waals surface area contributed by atoms with Gasteiger partial charge in [-0.3, -0.25) is 9.59 Å². The third-order valence-electron chi connectivity index (χ3n) is 4.81. The molecule has 0 aromatic heterocycles. The molecule has 1 saturated heterocycles. The van der Waals surface area contributed by atoms with Crippen LogP contribution in [0.5, 0.6) is 5.75 Å². The van der Waals surface area contributed by atoms with Crippen molar-refractivity contribution in [1.29, 1.82) is 0 Å². The maximum atomic E-state index is 13.0. The van der Waals surface area contributed by atoms with Crippen LogP contribution in [0.15, 0.2) is 54.6 Å². The first-order valence-corrected chi connectivity index (χ1v) is 9.51. The number of aryl methyl sites for hydroxylation is 1. The van der Waals surface area contributed by atoms with Crippen molar-refractivity contribution in [2.45, 2.75) is 18.9 Å². The Balaban J connectivity index is 1.64. The SMILES string of the molecule is COc1ccc(CCC(=O)N[C@@H](C(=O)N2CCOCC2)c2ccccc2)cc1. The van der Waals surface area contributed by atoms with Crippen molar-refractivity contribution in [2.75, 3.05) is 33.4 Å². The van der Waals surface area contributed by atoms with Gasteiger partial charge in [0, 0.05) is 19.5 Å². The van der Waals surface area contributed by atoms with Crippen molar-refractivity contribution in [3.05, 3.63) is 65.7 Å². The van der Waals surface area contributed by atoms with Gasteiger partial charge in [-0.25, -0.2) is 0 Å². The number of hydrogen-bond acceptors (Lipinski definition) is 4. The monoisotopic (exact) mass is 382 g/mol. The third kappa shape index (κ3) is 5.33. The number of hydrogen-bond donors (Lipinski definition) is 1. The summed E-state index contributed by atoms with van der Waals surface area (Å²) in [7, 11) is 1.62. The lowest BCUT2D eigenvalue weighted by Gasteiger charge is -2.31. The Bertz CT molecular complexity index is 771. The zero-order valence-electron chi connectivity index (χ0n) is 16.1. The predicted octanol–water partition coefficient (Wildman–Crippen LogP) is 2.34. The molecule has 1 aliphatic heterocycles. The van der Waals surface area contributed by atoms with E-state index in [1.54, 1.807) is 12.0 Å². The van der Waals surface area contributed by atoms with Gasteiger partial charge in [0.15, 0.2) is 0 Å². The maximum absolute atomic E-state index is 13.0. The first kappa shape index (κ1) is 19.9. The van der Waals surface area contributed by atoms with E-state index in [0.29, 0.717) is 39.1 Å². The summed E-state index contributed by atoms with van der Waals surface area (Å²) in [5.74, 6) is 0.548. The van der Waals surface area contributed by atoms with Crippen LogP contribution in [-0.4, -0.2) is 50.1 Å². The zero-order valence-corrected chi connectivity index (χ0v) is 16.1. The molecule has 0 bridgehead atoms. The van der Waals surface area contributed by atoms with Crippen LogP contribution in [0.1, 0.15) is 23.6 Å². The molecule has 2 aromatic carbocycles. The van der Waals surface area contributed by atoms with Crippen LogP contribution in [0.2, 0.25) is 0 Å². The number of nitrogens with zero attached hydrogens (tertiary/aromatic N) is 1. The molecule has 0 aliphatic carbocycles. The predicted molar refractivity (Wildman–Crippen MR) is 106 cm³/mol. The molecular weight excluding hydrogens is 356 g/mol. The van der Waals surface area contributed by atoms with Crippen molar-refractivity contribution in [3.63, 3.8) is 0 Å². The molecule has 1 fully saturated rings. The Morgan fingerprint density at radius 2 is 1.75 bits per heavy atom. The lowest BCUT2D eigenvalue weighted by atomic mass is 10.0. The molecule has 1 aliphatic rings. The molecule has 0 spiro atoms. The van der Waals surface area contributed by atoms with Gasteiger partial charge in [0.05, 0.1) is 20.3 Å². The van der Waals surface area contributed by atoms with Crippen molar-refractivity contribution < 1.29 is 19.1 Å². The Hall–Kier alpha value is -2.86. The summed E-state index contributed by atoms with van der Waals surface area (Å²) in [5.41, 5.74) is 1.84. The smallest absolute Gasteiger partial charge is 0.249 e. The van der Waals surface area contributed by atoms with Crippen molar-refractivity contribution in [1.82, 2.24) is 10.2 Å². The highest BCUT2D eigenvalue weighted by atomic mass is 16.5. The van der Waals surface area contributed by atoms with Gasteiger partial charge in [0.25, 0.3) is 0 Å². The molecule has 6 heteroatoms. The largest absolute Gasteiger partial charge is 0.497 e. The summed E-state index contributed by atoms with van der Waals surface area (Å²) in [6.07, 6.45) is 0.912. The van der Waals surface area contributed by atoms with Crippen LogP contribution >= 0.6 is 0 Å². The van der Waals surface area contributed by atoms with E-state index < -0.39 is 6.04 Å². The zero-order chi connectivity index (χ0) is 19.8. The summed E-state index contributed by atoms with van der Waals surface area (Å²) in [6.45, 7) is 2.14. The van der Waals surface area contributed by atoms with Crippen LogP contribution in [-0.2, 0) is 20.7 Å². The second kappa shape index (κ2) is 9.90. The summed E-state index contributed by atoms with van der Waals surface area (Å²) >= 11 is 0. The van der Waals surface area contributed by atoms with Crippen molar-refractivity contribution in [2.24, 2.45) is 0 Å². The highest BCUT2D eigenvalue weighted by molar-refractivity contribution is 5.88. The number of amides is 2. The van der Waals surface area contributed by atoms with Crippen LogP contribution in [0.25, 0.3) is 0 Å². The second-order valence-electron chi connectivity index (χ2n) is 6.70. The third-order valence-corrected chi connectivity index (χ3v) is 4.81. The fourth-order valence-corrected chi connectivity index (χ4v) is 3.18. The Labute approximate surface area is 165 Å². The number of benzene rings is 2. The van der Waals surface area contributed by atoms with Gasteiger partial charge in [0.1, 0.15) is 11.8 Å². The van der Waals surface area contributed by atoms with E-state index in [-0.39, 0.29) is 11.8 Å². The number of nitrogens with one attached hydrogen (secondary N) is 1. The van der Waals surface area contributed by atoms with E-state index in [1.165, 1.54) is 0 Å². The molecule has 0 saturated carbocycles. The average Bonchev–Trinajstić information content (AvgIpc) is 2.77. The van der Waals surface area contributed by atoms with E-state index in [4.69, 9.17) is 9.47 Å². The van der Waals surface area contributed by atoms with E-state index in [2.05, 4.69) is 5.32 Å². The molecule has 148 valence electrons. The van der Waals surface area contributed by atoms with Crippen molar-refractivity contribution >= 4 is 11.8 Å². The van der Waals surface area contributed by atoms with Crippen LogP contribution in [0, 0.1) is 0 Å². The molecule has 1 atom stereocenters. The van der Waals surface area contributed by atoms with Crippen LogP contribution in [0.3, 0.4) is 0 Å². The van der Waals surface area contributed by atoms with E-state index in [1.807, 2.05) is 54.6 Å². The fraction of sp³-hybridized carbons (Fsp3) is 0.364. The number of morpholine rings is 1. The Morgan fingerprint density at radius 3 is 2.39 bits per heavy atom. The van der Waals surface area contributed by atoms with Crippen LogP contribution in [0.4, 0.5) is 0 Å². The maximum Gasteiger partial charge on any atom is 0.249 e. The first-order valence-electron chi connectivity index (χ1n) is 9.51. The first-order chi connectivity index (χ1) is 13.7. The molecule has 2 amide bonds. The Morgan fingerprint density at radius 1 is 1.07 bits per heavy atom. The molecule has 0 unspecified atom stereocenters. The summed E-state index contributed by atoms with van der Waals surface area (Å²) < 4.78 is 10.5. The topological polar surface area (TPSA) is 67.9 Å². The van der Waals surface area contributed by atoms with Gasteiger partial charge in [-0.15, -0.1) is 0 Å². The molecule has 2 aromatic rings. The number of rotatable bonds is 7. The molecule has 1 heterocycles. The quantitative estimate of drug-likeness (QED) is 0.798. The normalized spacial score (nSPS) is 15.0. The second-order valence-corrected chi connectivity index (χ2v) is 6.70. The molecule has 28 heavy (non-hydrogen) atoms. The minimum Gasteiger partial charge on any atom is -0.497 e. The molecule has 3 rings (SSSR count). The van der Waals surface area contributed by atoms with E-state index in [9.17, 15) is 9.59 Å². The lowest BCUT2D eigenvalue weighted by molar-refractivity contribution is -0.140. The number of methoxy groups -OCH3 is 1. The van der Waals surface area contributed by atoms with E-state index in [0.717, 1.165) is 16.9 Å². The average molecular weight is 382 g/mol. The molecule has 6 nitrogen and oxygen atoms in total. The molecule has 1 N–H and O–H groups in total. The van der Waals surface area contributed by atoms with Gasteiger partial charge >= 0.3 is 0 Å². The van der Waals surface area contributed by atoms with Gasteiger partial charge in [0.2, 0.25) is 11.8 Å². The standard InChI is InChI=1S/C22H26N2O4/c1-27-19-10-7-17(8-11-19)9-12-20(25)23-21(18-5-3-2-4-6-18)22(26)24-13-15-28-16-14-24/h2-8,10-11,21H,9,12-16H2,1H3,(H,23,25)/t21-/m1/s1. The number of carbonyl (C=O) groups excluding carboxylic acids is 2. The minimum atomic E-state index is -0.678. The molecular formula is C22H26N2O4.